The van der Waals surface area contributed by atoms with Crippen LogP contribution in [0.4, 0.5) is 5.69 Å². The van der Waals surface area contributed by atoms with Crippen LogP contribution in [0.25, 0.3) is 0 Å². The average Bonchev–Trinajstić information content (AvgIpc) is 3.07. The lowest BCUT2D eigenvalue weighted by Crippen LogP contribution is -2.41. The van der Waals surface area contributed by atoms with E-state index in [1.165, 1.54) is 11.8 Å². The fourth-order valence-electron chi connectivity index (χ4n) is 3.07. The summed E-state index contributed by atoms with van der Waals surface area (Å²) in [7, 11) is 1.61. The first-order valence-electron chi connectivity index (χ1n) is 8.71. The number of anilines is 1. The van der Waals surface area contributed by atoms with Crippen molar-refractivity contribution in [1.82, 2.24) is 14.9 Å². The molecule has 0 saturated heterocycles. The summed E-state index contributed by atoms with van der Waals surface area (Å²) < 4.78 is 7.94. The highest BCUT2D eigenvalue weighted by Gasteiger charge is 2.37. The summed E-state index contributed by atoms with van der Waals surface area (Å²) in [5, 5.41) is 11.9. The molecular formula is C19H17BrClN5O2S. The molecular weight excluding hydrogens is 478 g/mol. The molecule has 1 aliphatic rings. The number of ether oxygens (including phenoxy) is 1. The van der Waals surface area contributed by atoms with Crippen LogP contribution >= 0.6 is 39.3 Å². The van der Waals surface area contributed by atoms with Crippen molar-refractivity contribution in [3.63, 3.8) is 0 Å². The van der Waals surface area contributed by atoms with Gasteiger partial charge in [0.05, 0.1) is 17.6 Å². The molecule has 3 aromatic rings. The van der Waals surface area contributed by atoms with Gasteiger partial charge in [-0.05, 0) is 58.7 Å². The smallest absolute Gasteiger partial charge is 0.240 e. The van der Waals surface area contributed by atoms with E-state index in [1.807, 2.05) is 25.1 Å². The number of aryl methyl sites for hydroxylation is 1. The van der Waals surface area contributed by atoms with E-state index in [9.17, 15) is 4.79 Å². The van der Waals surface area contributed by atoms with Crippen molar-refractivity contribution in [3.05, 3.63) is 63.3 Å². The maximum absolute atomic E-state index is 13.2. The summed E-state index contributed by atoms with van der Waals surface area (Å²) in [5.74, 6) is 1.28. The Morgan fingerprint density at radius 1 is 1.31 bits per heavy atom. The van der Waals surface area contributed by atoms with E-state index >= 15 is 0 Å². The Labute approximate surface area is 185 Å². The number of halogens is 2. The van der Waals surface area contributed by atoms with Gasteiger partial charge < -0.3 is 15.5 Å². The normalized spacial score (nSPS) is 17.9. The number of carbonyl (C=O) groups excluding carboxylic acids is 1. The van der Waals surface area contributed by atoms with Crippen LogP contribution in [-0.2, 0) is 4.79 Å². The third kappa shape index (κ3) is 4.08. The lowest BCUT2D eigenvalue weighted by atomic mass is 10.0. The van der Waals surface area contributed by atoms with Crippen molar-refractivity contribution < 1.29 is 9.53 Å². The number of thioether (sulfide) groups is 1. The van der Waals surface area contributed by atoms with Crippen LogP contribution in [0.2, 0.25) is 5.02 Å². The number of carbonyl (C=O) groups is 1. The van der Waals surface area contributed by atoms with E-state index in [0.717, 1.165) is 21.6 Å². The number of rotatable bonds is 4. The number of benzene rings is 2. The topological polar surface area (TPSA) is 81.1 Å². The molecule has 0 unspecified atom stereocenters. The van der Waals surface area contributed by atoms with Crippen molar-refractivity contribution in [2.45, 2.75) is 23.4 Å². The Morgan fingerprint density at radius 2 is 2.14 bits per heavy atom. The number of nitrogens with one attached hydrogen (secondary N) is 2. The van der Waals surface area contributed by atoms with Gasteiger partial charge in [-0.15, -0.1) is 10.2 Å². The molecule has 1 aliphatic heterocycles. The third-order valence-electron chi connectivity index (χ3n) is 4.48. The first kappa shape index (κ1) is 20.1. The average molecular weight is 495 g/mol. The van der Waals surface area contributed by atoms with Crippen molar-refractivity contribution in [1.29, 1.82) is 0 Å². The van der Waals surface area contributed by atoms with Gasteiger partial charge >= 0.3 is 0 Å². The highest BCUT2D eigenvalue weighted by molar-refractivity contribution is 9.10. The minimum atomic E-state index is -0.481. The number of amides is 1. The van der Waals surface area contributed by atoms with Gasteiger partial charge in [0.2, 0.25) is 11.1 Å². The molecule has 1 aromatic heterocycles. The molecule has 2 atom stereocenters. The first-order valence-corrected chi connectivity index (χ1v) is 10.8. The second-order valence-electron chi connectivity index (χ2n) is 6.40. The first-order chi connectivity index (χ1) is 14.0. The van der Waals surface area contributed by atoms with Gasteiger partial charge in [0.25, 0.3) is 0 Å². The van der Waals surface area contributed by atoms with E-state index < -0.39 is 5.25 Å². The lowest BCUT2D eigenvalue weighted by molar-refractivity contribution is -0.116. The van der Waals surface area contributed by atoms with E-state index in [0.29, 0.717) is 15.9 Å². The zero-order valence-corrected chi connectivity index (χ0v) is 18.7. The van der Waals surface area contributed by atoms with Gasteiger partial charge in [-0.2, -0.15) is 0 Å². The molecule has 7 nitrogen and oxygen atoms in total. The highest BCUT2D eigenvalue weighted by Crippen LogP contribution is 2.39. The number of aromatic nitrogens is 3. The molecule has 10 heteroatoms. The summed E-state index contributed by atoms with van der Waals surface area (Å²) in [6.45, 7) is 1.86. The van der Waals surface area contributed by atoms with Crippen LogP contribution in [-0.4, -0.2) is 33.1 Å². The summed E-state index contributed by atoms with van der Waals surface area (Å²) in [4.78, 5) is 13.2. The molecule has 0 spiro atoms. The summed E-state index contributed by atoms with van der Waals surface area (Å²) in [5.41, 5.74) is 4.94. The van der Waals surface area contributed by atoms with Gasteiger partial charge in [-0.1, -0.05) is 35.5 Å². The minimum absolute atomic E-state index is 0.159. The Hall–Kier alpha value is -2.23. The molecule has 29 heavy (non-hydrogen) atoms. The van der Waals surface area contributed by atoms with Crippen molar-refractivity contribution in [2.24, 2.45) is 0 Å². The maximum Gasteiger partial charge on any atom is 0.240 e. The van der Waals surface area contributed by atoms with E-state index in [2.05, 4.69) is 36.9 Å². The molecule has 4 rings (SSSR count). The summed E-state index contributed by atoms with van der Waals surface area (Å²) in [6, 6.07) is 12.5. The van der Waals surface area contributed by atoms with Gasteiger partial charge in [0.1, 0.15) is 16.8 Å². The Morgan fingerprint density at radius 3 is 2.86 bits per heavy atom. The molecule has 150 valence electrons. The predicted molar refractivity (Wildman–Crippen MR) is 117 cm³/mol. The quantitative estimate of drug-likeness (QED) is 0.559. The Bertz CT molecular complexity index is 1080. The highest BCUT2D eigenvalue weighted by atomic mass is 79.9. The van der Waals surface area contributed by atoms with Crippen LogP contribution in [0.1, 0.15) is 17.4 Å². The molecule has 2 aromatic carbocycles. The number of nitrogens with zero attached hydrogens (tertiary/aromatic N) is 3. The van der Waals surface area contributed by atoms with Crippen molar-refractivity contribution in [3.8, 4) is 5.75 Å². The number of fused-ring (bicyclic) bond motifs is 1. The van der Waals surface area contributed by atoms with E-state index in [1.54, 1.807) is 36.1 Å². The summed E-state index contributed by atoms with van der Waals surface area (Å²) >= 11 is 10.9. The van der Waals surface area contributed by atoms with Crippen molar-refractivity contribution >= 4 is 50.9 Å². The van der Waals surface area contributed by atoms with Gasteiger partial charge in [-0.25, -0.2) is 4.68 Å². The van der Waals surface area contributed by atoms with Gasteiger partial charge in [0, 0.05) is 10.7 Å². The number of hydrogen-bond acceptors (Lipinski definition) is 6. The zero-order valence-electron chi connectivity index (χ0n) is 15.5. The van der Waals surface area contributed by atoms with Crippen LogP contribution in [0, 0.1) is 6.92 Å². The van der Waals surface area contributed by atoms with Crippen LogP contribution in [0.15, 0.2) is 52.1 Å². The van der Waals surface area contributed by atoms with Crippen LogP contribution < -0.4 is 15.5 Å². The molecule has 2 heterocycles. The van der Waals surface area contributed by atoms with Crippen LogP contribution in [0.3, 0.4) is 0 Å². The van der Waals surface area contributed by atoms with Gasteiger partial charge in [-0.3, -0.25) is 4.79 Å². The Balaban J connectivity index is 1.68. The maximum atomic E-state index is 13.2. The van der Waals surface area contributed by atoms with Crippen LogP contribution in [0.5, 0.6) is 5.75 Å². The van der Waals surface area contributed by atoms with E-state index in [4.69, 9.17) is 16.3 Å². The lowest BCUT2D eigenvalue weighted by Gasteiger charge is -2.33. The van der Waals surface area contributed by atoms with Crippen molar-refractivity contribution in [2.75, 3.05) is 17.9 Å². The fourth-order valence-corrected chi connectivity index (χ4v) is 4.94. The second-order valence-corrected chi connectivity index (χ2v) is 8.80. The predicted octanol–water partition coefficient (Wildman–Crippen LogP) is 4.41. The molecule has 1 amide bonds. The molecule has 0 fully saturated rings. The monoisotopic (exact) mass is 493 g/mol. The SMILES string of the molecule is COc1ccc([C@@H]2Nn3c(C)nnc3S[C@H]2C(=O)Nc2cccc(Cl)c2)cc1Br. The fraction of sp³-hybridized carbons (Fsp3) is 0.211. The second kappa shape index (κ2) is 8.25. The largest absolute Gasteiger partial charge is 0.496 e. The summed E-state index contributed by atoms with van der Waals surface area (Å²) in [6.07, 6.45) is 0. The van der Waals surface area contributed by atoms with Gasteiger partial charge in [0.15, 0.2) is 0 Å². The number of hydrogen-bond donors (Lipinski definition) is 2. The molecule has 0 saturated carbocycles. The molecule has 2 N–H and O–H groups in total. The third-order valence-corrected chi connectivity index (χ3v) is 6.55. The molecule has 0 aliphatic carbocycles. The standard InChI is InChI=1S/C19H17BrClN5O2S/c1-10-23-24-19-26(10)25-16(11-6-7-15(28-2)14(20)8-11)17(29-19)18(27)22-13-5-3-4-12(21)9-13/h3-9,16-17,25H,1-2H3,(H,22,27)/t16-,17+/m0/s1. The Kier molecular flexibility index (Phi) is 5.71. The zero-order chi connectivity index (χ0) is 20.5. The number of methoxy groups -OCH3 is 1. The minimum Gasteiger partial charge on any atom is -0.496 e. The molecule has 0 radical (unpaired) electrons. The molecule has 0 bridgehead atoms. The van der Waals surface area contributed by atoms with E-state index in [-0.39, 0.29) is 11.9 Å².